The summed E-state index contributed by atoms with van der Waals surface area (Å²) in [5.41, 5.74) is 0. The summed E-state index contributed by atoms with van der Waals surface area (Å²) >= 11 is 0. The second kappa shape index (κ2) is 5.27. The van der Waals surface area contributed by atoms with E-state index >= 15 is 0 Å². The van der Waals surface area contributed by atoms with E-state index in [0.717, 1.165) is 25.7 Å². The summed E-state index contributed by atoms with van der Waals surface area (Å²) in [6, 6.07) is 0. The highest BCUT2D eigenvalue weighted by atomic mass is 16.4. The summed E-state index contributed by atoms with van der Waals surface area (Å²) < 4.78 is 0. The van der Waals surface area contributed by atoms with Gasteiger partial charge in [-0.3, -0.25) is 4.79 Å². The number of carboxylic acid groups (broad SMARTS) is 1. The van der Waals surface area contributed by atoms with Gasteiger partial charge < -0.3 is 5.11 Å². The predicted molar refractivity (Wildman–Crippen MR) is 40.9 cm³/mol. The maximum Gasteiger partial charge on any atom is 0.306 e. The Morgan fingerprint density at radius 3 is 1.90 bits per heavy atom. The van der Waals surface area contributed by atoms with E-state index in [4.69, 9.17) is 5.11 Å². The smallest absolute Gasteiger partial charge is 0.306 e. The molecule has 1 aliphatic carbocycles. The van der Waals surface area contributed by atoms with E-state index in [0.29, 0.717) is 0 Å². The summed E-state index contributed by atoms with van der Waals surface area (Å²) in [6.45, 7) is 4.00. The van der Waals surface area contributed by atoms with Gasteiger partial charge in [-0.25, -0.2) is 0 Å². The largest absolute Gasteiger partial charge is 0.481 e. The maximum absolute atomic E-state index is 10.2. The molecule has 1 rings (SSSR count). The zero-order chi connectivity index (χ0) is 7.98. The zero-order valence-corrected chi connectivity index (χ0v) is 6.76. The third kappa shape index (κ3) is 2.85. The molecule has 0 unspecified atom stereocenters. The normalized spacial score (nSPS) is 17.8. The number of aliphatic carboxylic acids is 1. The lowest BCUT2D eigenvalue weighted by molar-refractivity contribution is -0.141. The highest BCUT2D eigenvalue weighted by Gasteiger charge is 2.20. The number of carbonyl (C=O) groups is 1. The predicted octanol–water partition coefficient (Wildman–Crippen LogP) is 2.29. The Kier molecular flexibility index (Phi) is 4.99. The molecule has 0 atom stereocenters. The summed E-state index contributed by atoms with van der Waals surface area (Å²) in [7, 11) is 0. The monoisotopic (exact) mass is 144 g/mol. The van der Waals surface area contributed by atoms with Crippen molar-refractivity contribution < 1.29 is 9.90 Å². The van der Waals surface area contributed by atoms with Gasteiger partial charge in [0.1, 0.15) is 0 Å². The molecule has 1 fully saturated rings. The van der Waals surface area contributed by atoms with Crippen molar-refractivity contribution in [2.75, 3.05) is 0 Å². The molecule has 0 amide bonds. The summed E-state index contributed by atoms with van der Waals surface area (Å²) in [5, 5.41) is 8.41. The molecule has 0 aliphatic heterocycles. The first-order valence-corrected chi connectivity index (χ1v) is 4.03. The van der Waals surface area contributed by atoms with Crippen LogP contribution >= 0.6 is 0 Å². The van der Waals surface area contributed by atoms with Gasteiger partial charge in [-0.15, -0.1) is 0 Å². The molecule has 2 nitrogen and oxygen atoms in total. The van der Waals surface area contributed by atoms with E-state index in [2.05, 4.69) is 0 Å². The molecule has 0 aromatic rings. The molecule has 0 saturated heterocycles. The van der Waals surface area contributed by atoms with Crippen molar-refractivity contribution in [3.63, 3.8) is 0 Å². The minimum Gasteiger partial charge on any atom is -0.481 e. The second-order valence-electron chi connectivity index (χ2n) is 2.32. The Bertz CT molecular complexity index is 93.4. The van der Waals surface area contributed by atoms with Crippen LogP contribution in [-0.2, 0) is 4.79 Å². The molecule has 0 spiro atoms. The first-order valence-electron chi connectivity index (χ1n) is 4.03. The molecule has 1 N–H and O–H groups in total. The molecule has 2 heteroatoms. The van der Waals surface area contributed by atoms with Gasteiger partial charge >= 0.3 is 5.97 Å². The third-order valence-electron chi connectivity index (χ3n) is 1.70. The van der Waals surface area contributed by atoms with Crippen molar-refractivity contribution in [3.05, 3.63) is 0 Å². The van der Waals surface area contributed by atoms with E-state index in [1.54, 1.807) is 0 Å². The fourth-order valence-electron chi connectivity index (χ4n) is 1.17. The van der Waals surface area contributed by atoms with Crippen molar-refractivity contribution in [3.8, 4) is 0 Å². The first-order chi connectivity index (χ1) is 4.80. The topological polar surface area (TPSA) is 37.3 Å². The molecule has 60 valence electrons. The Morgan fingerprint density at radius 1 is 1.30 bits per heavy atom. The maximum atomic E-state index is 10.2. The minimum absolute atomic E-state index is 0.0185. The lowest BCUT2D eigenvalue weighted by atomic mass is 10.1. The fourth-order valence-corrected chi connectivity index (χ4v) is 1.17. The first kappa shape index (κ1) is 9.47. The van der Waals surface area contributed by atoms with Crippen LogP contribution in [0.2, 0.25) is 0 Å². The van der Waals surface area contributed by atoms with Crippen LogP contribution in [0.25, 0.3) is 0 Å². The fraction of sp³-hybridized carbons (Fsp3) is 0.875. The molecular weight excluding hydrogens is 128 g/mol. The SMILES string of the molecule is CC.O=C(O)C1CCCC1. The van der Waals surface area contributed by atoms with Gasteiger partial charge in [0.25, 0.3) is 0 Å². The van der Waals surface area contributed by atoms with E-state index < -0.39 is 5.97 Å². The average Bonchev–Trinajstić information content (AvgIpc) is 2.42. The number of hydrogen-bond donors (Lipinski definition) is 1. The van der Waals surface area contributed by atoms with Gasteiger partial charge in [0.05, 0.1) is 5.92 Å². The van der Waals surface area contributed by atoms with Crippen LogP contribution in [0.1, 0.15) is 39.5 Å². The number of hydrogen-bond acceptors (Lipinski definition) is 1. The zero-order valence-electron chi connectivity index (χ0n) is 6.76. The number of rotatable bonds is 1. The van der Waals surface area contributed by atoms with E-state index in [1.807, 2.05) is 13.8 Å². The van der Waals surface area contributed by atoms with Gasteiger partial charge in [-0.2, -0.15) is 0 Å². The van der Waals surface area contributed by atoms with Crippen molar-refractivity contribution in [1.82, 2.24) is 0 Å². The lowest BCUT2D eigenvalue weighted by Crippen LogP contribution is -2.07. The Labute approximate surface area is 62.2 Å². The van der Waals surface area contributed by atoms with Crippen LogP contribution in [-0.4, -0.2) is 11.1 Å². The van der Waals surface area contributed by atoms with Crippen molar-refractivity contribution >= 4 is 5.97 Å². The van der Waals surface area contributed by atoms with Crippen LogP contribution < -0.4 is 0 Å². The average molecular weight is 144 g/mol. The molecule has 0 radical (unpaired) electrons. The Morgan fingerprint density at radius 2 is 1.70 bits per heavy atom. The molecule has 0 heterocycles. The van der Waals surface area contributed by atoms with Crippen molar-refractivity contribution in [2.24, 2.45) is 5.92 Å². The van der Waals surface area contributed by atoms with Gasteiger partial charge in [-0.05, 0) is 12.8 Å². The van der Waals surface area contributed by atoms with Crippen molar-refractivity contribution in [2.45, 2.75) is 39.5 Å². The molecule has 1 aliphatic rings. The van der Waals surface area contributed by atoms with Crippen LogP contribution in [0, 0.1) is 5.92 Å². The van der Waals surface area contributed by atoms with Crippen LogP contribution in [0.4, 0.5) is 0 Å². The van der Waals surface area contributed by atoms with Crippen molar-refractivity contribution in [1.29, 1.82) is 0 Å². The molecule has 1 saturated carbocycles. The van der Waals surface area contributed by atoms with Gasteiger partial charge in [0.2, 0.25) is 0 Å². The molecule has 0 bridgehead atoms. The van der Waals surface area contributed by atoms with E-state index in [-0.39, 0.29) is 5.92 Å². The molecule has 0 aromatic carbocycles. The van der Waals surface area contributed by atoms with Gasteiger partial charge in [0.15, 0.2) is 0 Å². The molecular formula is C8H16O2. The lowest BCUT2D eigenvalue weighted by Gasteiger charge is -1.97. The van der Waals surface area contributed by atoms with Gasteiger partial charge in [0, 0.05) is 0 Å². The molecule has 0 aromatic heterocycles. The van der Waals surface area contributed by atoms with Crippen LogP contribution in [0.15, 0.2) is 0 Å². The van der Waals surface area contributed by atoms with Crippen LogP contribution in [0.5, 0.6) is 0 Å². The standard InChI is InChI=1S/C6H10O2.C2H6/c7-6(8)5-3-1-2-4-5;1-2/h5H,1-4H2,(H,7,8);1-2H3. The minimum atomic E-state index is -0.609. The highest BCUT2D eigenvalue weighted by Crippen LogP contribution is 2.24. The molecule has 10 heavy (non-hydrogen) atoms. The third-order valence-corrected chi connectivity index (χ3v) is 1.70. The summed E-state index contributed by atoms with van der Waals surface area (Å²) in [4.78, 5) is 10.2. The van der Waals surface area contributed by atoms with Crippen LogP contribution in [0.3, 0.4) is 0 Å². The number of carboxylic acids is 1. The van der Waals surface area contributed by atoms with E-state index in [1.165, 1.54) is 0 Å². The Hall–Kier alpha value is -0.530. The van der Waals surface area contributed by atoms with E-state index in [9.17, 15) is 4.79 Å². The Balaban J connectivity index is 0.000000371. The summed E-state index contributed by atoms with van der Waals surface area (Å²) in [6.07, 6.45) is 4.01. The van der Waals surface area contributed by atoms with Gasteiger partial charge in [-0.1, -0.05) is 26.7 Å². The second-order valence-corrected chi connectivity index (χ2v) is 2.32. The quantitative estimate of drug-likeness (QED) is 0.613. The highest BCUT2D eigenvalue weighted by molar-refractivity contribution is 5.70. The summed E-state index contributed by atoms with van der Waals surface area (Å²) in [5.74, 6) is -0.627.